The molecule has 0 radical (unpaired) electrons. The van der Waals surface area contributed by atoms with E-state index in [-0.39, 0.29) is 5.91 Å². The van der Waals surface area contributed by atoms with Crippen molar-refractivity contribution in [3.05, 3.63) is 29.8 Å². The quantitative estimate of drug-likeness (QED) is 0.698. The summed E-state index contributed by atoms with van der Waals surface area (Å²) in [4.78, 5) is 24.9. The third-order valence-electron chi connectivity index (χ3n) is 2.97. The number of anilines is 1. The number of rotatable bonds is 3. The van der Waals surface area contributed by atoms with Gasteiger partial charge in [-0.1, -0.05) is 18.2 Å². The summed E-state index contributed by atoms with van der Waals surface area (Å²) < 4.78 is 0. The molecule has 0 fully saturated rings. The molecule has 1 heterocycles. The van der Waals surface area contributed by atoms with Gasteiger partial charge >= 0.3 is 0 Å². The van der Waals surface area contributed by atoms with E-state index in [9.17, 15) is 9.59 Å². The molecule has 0 aliphatic carbocycles. The fourth-order valence-corrected chi connectivity index (χ4v) is 2.14. The van der Waals surface area contributed by atoms with E-state index >= 15 is 0 Å². The van der Waals surface area contributed by atoms with Gasteiger partial charge in [0.1, 0.15) is 5.92 Å². The average Bonchev–Trinajstić information content (AvgIpc) is 2.32. The maximum absolute atomic E-state index is 12.1. The van der Waals surface area contributed by atoms with Crippen molar-refractivity contribution in [2.75, 3.05) is 18.0 Å². The molecule has 1 atom stereocenters. The zero-order valence-electron chi connectivity index (χ0n) is 9.43. The molecule has 1 unspecified atom stereocenters. The first-order valence-corrected chi connectivity index (χ1v) is 5.54. The molecule has 1 aromatic rings. The number of carbonyl (C=O) groups excluding carboxylic acids is 2. The number of nitrogens with zero attached hydrogens (tertiary/aromatic N) is 1. The Morgan fingerprint density at radius 2 is 2.12 bits per heavy atom. The fraction of sp³-hybridized carbons (Fsp3) is 0.333. The first kappa shape index (κ1) is 11.6. The normalized spacial score (nSPS) is 19.0. The molecule has 1 aliphatic rings. The van der Waals surface area contributed by atoms with E-state index in [0.717, 1.165) is 11.3 Å². The van der Waals surface area contributed by atoms with Gasteiger partial charge in [0.05, 0.1) is 0 Å². The van der Waals surface area contributed by atoms with Crippen molar-refractivity contribution in [3.63, 3.8) is 0 Å². The number of fused-ring (bicyclic) bond motifs is 1. The van der Waals surface area contributed by atoms with Crippen LogP contribution in [0, 0.1) is 5.92 Å². The zero-order chi connectivity index (χ0) is 12.4. The van der Waals surface area contributed by atoms with Crippen LogP contribution >= 0.6 is 0 Å². The summed E-state index contributed by atoms with van der Waals surface area (Å²) in [5.41, 5.74) is 12.5. The topological polar surface area (TPSA) is 89.4 Å². The zero-order valence-corrected chi connectivity index (χ0v) is 9.43. The van der Waals surface area contributed by atoms with Crippen LogP contribution in [0.4, 0.5) is 5.69 Å². The Bertz CT molecular complexity index is 459. The van der Waals surface area contributed by atoms with Crippen LogP contribution in [-0.2, 0) is 16.0 Å². The van der Waals surface area contributed by atoms with Gasteiger partial charge in [-0.15, -0.1) is 0 Å². The molecule has 2 amide bonds. The summed E-state index contributed by atoms with van der Waals surface area (Å²) in [5, 5.41) is 0. The Hall–Kier alpha value is -1.88. The van der Waals surface area contributed by atoms with Crippen molar-refractivity contribution in [2.45, 2.75) is 6.42 Å². The maximum atomic E-state index is 12.1. The number of amides is 2. The molecule has 0 saturated heterocycles. The minimum absolute atomic E-state index is 0.248. The molecule has 4 N–H and O–H groups in total. The minimum Gasteiger partial charge on any atom is -0.369 e. The first-order chi connectivity index (χ1) is 8.15. The van der Waals surface area contributed by atoms with E-state index < -0.39 is 11.8 Å². The number of benzene rings is 1. The first-order valence-electron chi connectivity index (χ1n) is 5.54. The highest BCUT2D eigenvalue weighted by Crippen LogP contribution is 2.29. The van der Waals surface area contributed by atoms with E-state index in [0.29, 0.717) is 19.5 Å². The van der Waals surface area contributed by atoms with Crippen molar-refractivity contribution in [1.29, 1.82) is 0 Å². The Morgan fingerprint density at radius 1 is 1.41 bits per heavy atom. The van der Waals surface area contributed by atoms with Crippen molar-refractivity contribution in [3.8, 4) is 0 Å². The third kappa shape index (κ3) is 2.01. The van der Waals surface area contributed by atoms with Gasteiger partial charge in [-0.05, 0) is 18.1 Å². The smallest absolute Gasteiger partial charge is 0.239 e. The highest BCUT2D eigenvalue weighted by molar-refractivity contribution is 6.09. The summed E-state index contributed by atoms with van der Waals surface area (Å²) in [6.07, 6.45) is 0.380. The Morgan fingerprint density at radius 3 is 2.76 bits per heavy atom. The highest BCUT2D eigenvalue weighted by atomic mass is 16.2. The lowest BCUT2D eigenvalue weighted by atomic mass is 9.91. The number of nitrogens with two attached hydrogens (primary N) is 2. The largest absolute Gasteiger partial charge is 0.369 e. The van der Waals surface area contributed by atoms with Crippen LogP contribution in [0.3, 0.4) is 0 Å². The average molecular weight is 233 g/mol. The van der Waals surface area contributed by atoms with Gasteiger partial charge in [0.15, 0.2) is 0 Å². The number of para-hydroxylation sites is 1. The molecule has 90 valence electrons. The molecule has 0 bridgehead atoms. The van der Waals surface area contributed by atoms with Crippen molar-refractivity contribution in [1.82, 2.24) is 0 Å². The highest BCUT2D eigenvalue weighted by Gasteiger charge is 2.35. The maximum Gasteiger partial charge on any atom is 0.239 e. The fourth-order valence-electron chi connectivity index (χ4n) is 2.14. The second-order valence-electron chi connectivity index (χ2n) is 4.07. The molecule has 0 spiro atoms. The van der Waals surface area contributed by atoms with Gasteiger partial charge in [0.25, 0.3) is 0 Å². The SMILES string of the molecule is NCCN1C(=O)C(C(N)=O)Cc2ccccc21. The summed E-state index contributed by atoms with van der Waals surface area (Å²) >= 11 is 0. The predicted octanol–water partition coefficient (Wildman–Crippen LogP) is -0.364. The Balaban J connectivity index is 2.43. The van der Waals surface area contributed by atoms with Crippen LogP contribution in [0.25, 0.3) is 0 Å². The van der Waals surface area contributed by atoms with Gasteiger partial charge in [-0.3, -0.25) is 9.59 Å². The summed E-state index contributed by atoms with van der Waals surface area (Å²) in [5.74, 6) is -1.59. The van der Waals surface area contributed by atoms with E-state index in [1.807, 2.05) is 24.3 Å². The molecule has 0 saturated carbocycles. The second-order valence-corrected chi connectivity index (χ2v) is 4.07. The Labute approximate surface area is 99.4 Å². The Kier molecular flexibility index (Phi) is 3.10. The van der Waals surface area contributed by atoms with Crippen molar-refractivity contribution in [2.24, 2.45) is 17.4 Å². The van der Waals surface area contributed by atoms with Gasteiger partial charge in [-0.2, -0.15) is 0 Å². The minimum atomic E-state index is -0.767. The molecule has 1 aliphatic heterocycles. The van der Waals surface area contributed by atoms with Crippen LogP contribution in [0.2, 0.25) is 0 Å². The number of hydrogen-bond acceptors (Lipinski definition) is 3. The molecule has 5 heteroatoms. The number of carbonyl (C=O) groups is 2. The van der Waals surface area contributed by atoms with Gasteiger partial charge in [0, 0.05) is 18.8 Å². The molecule has 1 aromatic carbocycles. The summed E-state index contributed by atoms with van der Waals surface area (Å²) in [6.45, 7) is 0.755. The summed E-state index contributed by atoms with van der Waals surface area (Å²) in [7, 11) is 0. The molecule has 2 rings (SSSR count). The van der Waals surface area contributed by atoms with Gasteiger partial charge < -0.3 is 16.4 Å². The molecule has 5 nitrogen and oxygen atoms in total. The number of primary amides is 1. The monoisotopic (exact) mass is 233 g/mol. The van der Waals surface area contributed by atoms with Crippen LogP contribution in [0.15, 0.2) is 24.3 Å². The van der Waals surface area contributed by atoms with E-state index in [2.05, 4.69) is 0 Å². The van der Waals surface area contributed by atoms with E-state index in [1.54, 1.807) is 4.90 Å². The van der Waals surface area contributed by atoms with Crippen LogP contribution < -0.4 is 16.4 Å². The van der Waals surface area contributed by atoms with Crippen LogP contribution in [0.5, 0.6) is 0 Å². The lowest BCUT2D eigenvalue weighted by Gasteiger charge is -2.32. The van der Waals surface area contributed by atoms with Crippen LogP contribution in [-0.4, -0.2) is 24.9 Å². The lowest BCUT2D eigenvalue weighted by Crippen LogP contribution is -2.48. The van der Waals surface area contributed by atoms with Gasteiger partial charge in [0.2, 0.25) is 11.8 Å². The van der Waals surface area contributed by atoms with Gasteiger partial charge in [-0.25, -0.2) is 0 Å². The third-order valence-corrected chi connectivity index (χ3v) is 2.97. The lowest BCUT2D eigenvalue weighted by molar-refractivity contribution is -0.132. The van der Waals surface area contributed by atoms with Crippen molar-refractivity contribution >= 4 is 17.5 Å². The molecular formula is C12H15N3O2. The molecule has 0 aromatic heterocycles. The van der Waals surface area contributed by atoms with Crippen molar-refractivity contribution < 1.29 is 9.59 Å². The summed E-state index contributed by atoms with van der Waals surface area (Å²) in [6, 6.07) is 7.51. The number of hydrogen-bond donors (Lipinski definition) is 2. The van der Waals surface area contributed by atoms with E-state index in [4.69, 9.17) is 11.5 Å². The standard InChI is InChI=1S/C12H15N3O2/c13-5-6-15-10-4-2-1-3-8(10)7-9(11(14)16)12(15)17/h1-4,9H,5-7,13H2,(H2,14,16). The van der Waals surface area contributed by atoms with E-state index in [1.165, 1.54) is 0 Å². The van der Waals surface area contributed by atoms with Crippen LogP contribution in [0.1, 0.15) is 5.56 Å². The molecule has 17 heavy (non-hydrogen) atoms. The second kappa shape index (κ2) is 4.55. The predicted molar refractivity (Wildman–Crippen MR) is 64.2 cm³/mol. The molecular weight excluding hydrogens is 218 g/mol.